The number of alkyl halides is 6. The first kappa shape index (κ1) is 20.9. The summed E-state index contributed by atoms with van der Waals surface area (Å²) in [5.41, 5.74) is 1.15. The number of hydrogen-bond acceptors (Lipinski definition) is 9. The molecule has 0 radical (unpaired) electrons. The first-order valence-corrected chi connectivity index (χ1v) is 6.88. The minimum atomic E-state index is -5.82. The molecule has 2 aromatic rings. The van der Waals surface area contributed by atoms with Crippen molar-refractivity contribution in [3.63, 3.8) is 0 Å². The smallest absolute Gasteiger partial charge is 0.434 e. The number of nitrogens with one attached hydrogen (secondary N) is 2. The lowest BCUT2D eigenvalue weighted by Crippen LogP contribution is -2.46. The summed E-state index contributed by atoms with van der Waals surface area (Å²) < 4.78 is 79.3. The van der Waals surface area contributed by atoms with Crippen LogP contribution in [0.4, 0.5) is 49.6 Å². The van der Waals surface area contributed by atoms with E-state index in [1.165, 1.54) is 17.6 Å². The van der Waals surface area contributed by atoms with Crippen LogP contribution in [0.2, 0.25) is 0 Å². The monoisotopic (exact) mass is 414 g/mol. The van der Waals surface area contributed by atoms with E-state index < -0.39 is 41.3 Å². The van der Waals surface area contributed by atoms with Crippen molar-refractivity contribution in [2.75, 3.05) is 10.8 Å². The molecule has 0 aliphatic rings. The summed E-state index contributed by atoms with van der Waals surface area (Å²) in [7, 11) is 0. The van der Waals surface area contributed by atoms with Crippen LogP contribution in [-0.2, 0) is 0 Å². The highest BCUT2D eigenvalue weighted by atomic mass is 19.4. The Morgan fingerprint density at radius 1 is 1.00 bits per heavy atom. The van der Waals surface area contributed by atoms with Gasteiger partial charge in [0.05, 0.1) is 4.92 Å². The molecule has 0 saturated heterocycles. The largest absolute Gasteiger partial charge is 0.440 e. The molecule has 1 aromatic carbocycles. The first-order chi connectivity index (χ1) is 12.9. The molecule has 16 heteroatoms. The predicted molar refractivity (Wildman–Crippen MR) is 78.1 cm³/mol. The molecular formula is C12H8F6N6O4. The van der Waals surface area contributed by atoms with E-state index in [-0.39, 0.29) is 11.4 Å². The molecule has 1 aromatic heterocycles. The molecule has 0 aliphatic heterocycles. The van der Waals surface area contributed by atoms with E-state index in [0.29, 0.717) is 0 Å². The minimum Gasteiger partial charge on any atom is -0.440 e. The van der Waals surface area contributed by atoms with Gasteiger partial charge >= 0.3 is 18.4 Å². The Bertz CT molecular complexity index is 830. The average molecular weight is 414 g/mol. The van der Waals surface area contributed by atoms with Crippen LogP contribution < -0.4 is 15.5 Å². The number of ether oxygens (including phenoxy) is 1. The molecule has 0 amide bonds. The molecule has 0 unspecified atom stereocenters. The number of nitrogens with zero attached hydrogens (tertiary/aromatic N) is 4. The van der Waals surface area contributed by atoms with Gasteiger partial charge in [-0.25, -0.2) is 5.48 Å². The summed E-state index contributed by atoms with van der Waals surface area (Å²) in [5, 5.41) is 21.7. The Hall–Kier alpha value is -3.43. The van der Waals surface area contributed by atoms with Crippen LogP contribution in [-0.4, -0.2) is 43.5 Å². The van der Waals surface area contributed by atoms with Gasteiger partial charge in [-0.1, -0.05) is 0 Å². The maximum atomic E-state index is 12.6. The number of rotatable bonds is 6. The van der Waals surface area contributed by atoms with E-state index in [1.54, 1.807) is 0 Å². The molecule has 0 bridgehead atoms. The molecule has 2 rings (SSSR count). The highest BCUT2D eigenvalue weighted by Gasteiger charge is 2.59. The van der Waals surface area contributed by atoms with Crippen molar-refractivity contribution < 1.29 is 41.2 Å². The molecule has 0 fully saturated rings. The van der Waals surface area contributed by atoms with E-state index >= 15 is 0 Å². The number of nitro groups is 1. The second-order valence-electron chi connectivity index (χ2n) is 4.89. The lowest BCUT2D eigenvalue weighted by atomic mass is 10.3. The summed E-state index contributed by atoms with van der Waals surface area (Å²) in [6.07, 6.45) is -15.9. The molecule has 0 saturated carbocycles. The van der Waals surface area contributed by atoms with Crippen LogP contribution in [0, 0.1) is 10.1 Å². The van der Waals surface area contributed by atoms with Crippen LogP contribution in [0.5, 0.6) is 6.01 Å². The fraction of sp³-hybridized carbons (Fsp3) is 0.250. The quantitative estimate of drug-likeness (QED) is 0.370. The number of anilines is 3. The van der Waals surface area contributed by atoms with Crippen molar-refractivity contribution in [2.24, 2.45) is 0 Å². The number of benzene rings is 1. The van der Waals surface area contributed by atoms with Crippen molar-refractivity contribution in [3.8, 4) is 6.01 Å². The first-order valence-electron chi connectivity index (χ1n) is 6.88. The second-order valence-corrected chi connectivity index (χ2v) is 4.89. The van der Waals surface area contributed by atoms with Gasteiger partial charge in [0, 0.05) is 17.8 Å². The molecule has 152 valence electrons. The zero-order chi connectivity index (χ0) is 21.1. The average Bonchev–Trinajstić information content (AvgIpc) is 2.58. The third-order valence-corrected chi connectivity index (χ3v) is 2.87. The molecular weight excluding hydrogens is 406 g/mol. The van der Waals surface area contributed by atoms with Gasteiger partial charge in [0.25, 0.3) is 17.7 Å². The zero-order valence-electron chi connectivity index (χ0n) is 13.1. The number of hydrogen-bond donors (Lipinski definition) is 3. The highest BCUT2D eigenvalue weighted by molar-refractivity contribution is 5.56. The van der Waals surface area contributed by atoms with Gasteiger partial charge in [0.15, 0.2) is 0 Å². The standard InChI is InChI=1S/C12H8F6N6O4/c13-11(14,15)7(12(16,17)18)28-10-21-8(20-9(22-10)23-25)19-5-1-3-6(4-2-5)24(26)27/h1-4,7,25H,(H2,19,20,21,22,23). The SMILES string of the molecule is O=[N+]([O-])c1ccc(Nc2nc(NO)nc(OC(C(F)(F)F)C(F)(F)F)n2)cc1. The topological polar surface area (TPSA) is 135 Å². The zero-order valence-corrected chi connectivity index (χ0v) is 13.1. The molecule has 0 aliphatic carbocycles. The molecule has 10 nitrogen and oxygen atoms in total. The molecule has 1 heterocycles. The number of halogens is 6. The van der Waals surface area contributed by atoms with Gasteiger partial charge in [0.2, 0.25) is 5.95 Å². The van der Waals surface area contributed by atoms with E-state index in [9.17, 15) is 36.5 Å². The molecule has 3 N–H and O–H groups in total. The highest BCUT2D eigenvalue weighted by Crippen LogP contribution is 2.36. The van der Waals surface area contributed by atoms with Gasteiger partial charge in [-0.2, -0.15) is 41.3 Å². The predicted octanol–water partition coefficient (Wildman–Crippen LogP) is 3.20. The Labute approximate surface area is 150 Å². The maximum Gasteiger partial charge on any atom is 0.434 e. The fourth-order valence-corrected chi connectivity index (χ4v) is 1.74. The summed E-state index contributed by atoms with van der Waals surface area (Å²) in [6, 6.07) is 3.08. The normalized spacial score (nSPS) is 12.0. The van der Waals surface area contributed by atoms with Crippen molar-refractivity contribution >= 4 is 23.3 Å². The van der Waals surface area contributed by atoms with Gasteiger partial charge in [-0.3, -0.25) is 15.3 Å². The van der Waals surface area contributed by atoms with E-state index in [4.69, 9.17) is 5.21 Å². The van der Waals surface area contributed by atoms with Gasteiger partial charge in [-0.15, -0.1) is 0 Å². The third-order valence-electron chi connectivity index (χ3n) is 2.87. The summed E-state index contributed by atoms with van der Waals surface area (Å²) in [5.74, 6) is -1.43. The Kier molecular flexibility index (Phi) is 5.72. The lowest BCUT2D eigenvalue weighted by Gasteiger charge is -2.22. The van der Waals surface area contributed by atoms with Crippen LogP contribution in [0.3, 0.4) is 0 Å². The van der Waals surface area contributed by atoms with Crippen molar-refractivity contribution in [1.29, 1.82) is 0 Å². The van der Waals surface area contributed by atoms with E-state index in [0.717, 1.165) is 12.1 Å². The number of nitro benzene ring substituents is 1. The van der Waals surface area contributed by atoms with Crippen LogP contribution in [0.25, 0.3) is 0 Å². The summed E-state index contributed by atoms with van der Waals surface area (Å²) in [6.45, 7) is 0. The number of aromatic nitrogens is 3. The van der Waals surface area contributed by atoms with Crippen LogP contribution in [0.1, 0.15) is 0 Å². The number of non-ortho nitro benzene ring substituents is 1. The van der Waals surface area contributed by atoms with Crippen LogP contribution in [0.15, 0.2) is 24.3 Å². The fourth-order valence-electron chi connectivity index (χ4n) is 1.74. The minimum absolute atomic E-state index is 0.0924. The summed E-state index contributed by atoms with van der Waals surface area (Å²) >= 11 is 0. The van der Waals surface area contributed by atoms with Gasteiger partial charge < -0.3 is 10.1 Å². The Balaban J connectivity index is 2.31. The van der Waals surface area contributed by atoms with Crippen molar-refractivity contribution in [3.05, 3.63) is 34.4 Å². The Morgan fingerprint density at radius 2 is 1.54 bits per heavy atom. The van der Waals surface area contributed by atoms with Crippen molar-refractivity contribution in [1.82, 2.24) is 15.0 Å². The molecule has 0 atom stereocenters. The molecule has 0 spiro atoms. The van der Waals surface area contributed by atoms with Gasteiger partial charge in [-0.05, 0) is 12.1 Å². The second kappa shape index (κ2) is 7.67. The lowest BCUT2D eigenvalue weighted by molar-refractivity contribution is -0.384. The van der Waals surface area contributed by atoms with Gasteiger partial charge in [0.1, 0.15) is 0 Å². The maximum absolute atomic E-state index is 12.6. The third kappa shape index (κ3) is 5.29. The van der Waals surface area contributed by atoms with Crippen LogP contribution >= 0.6 is 0 Å². The summed E-state index contributed by atoms with van der Waals surface area (Å²) in [4.78, 5) is 19.7. The van der Waals surface area contributed by atoms with E-state index in [2.05, 4.69) is 25.0 Å². The Morgan fingerprint density at radius 3 is 2.00 bits per heavy atom. The van der Waals surface area contributed by atoms with Crippen molar-refractivity contribution in [2.45, 2.75) is 18.5 Å². The molecule has 28 heavy (non-hydrogen) atoms. The van der Waals surface area contributed by atoms with E-state index in [1.807, 2.05) is 0 Å².